The quantitative estimate of drug-likeness (QED) is 0.185. The largest absolute Gasteiger partial charge is 0.497 e. The minimum atomic E-state index is -1.04. The van der Waals surface area contributed by atoms with Crippen LogP contribution in [0.4, 0.5) is 0 Å². The molecule has 0 radical (unpaired) electrons. The fraction of sp³-hybridized carbons (Fsp3) is 0.543. The molecule has 0 bridgehead atoms. The van der Waals surface area contributed by atoms with E-state index in [9.17, 15) is 19.2 Å². The Morgan fingerprint density at radius 3 is 2.06 bits per heavy atom. The Kier molecular flexibility index (Phi) is 12.9. The lowest BCUT2D eigenvalue weighted by atomic mass is 9.93. The zero-order valence-electron chi connectivity index (χ0n) is 27.9. The van der Waals surface area contributed by atoms with Crippen molar-refractivity contribution < 1.29 is 33.4 Å². The van der Waals surface area contributed by atoms with Crippen LogP contribution in [0.15, 0.2) is 48.5 Å². The van der Waals surface area contributed by atoms with E-state index >= 15 is 0 Å². The van der Waals surface area contributed by atoms with Crippen LogP contribution in [-0.2, 0) is 41.5 Å². The van der Waals surface area contributed by atoms with Gasteiger partial charge in [-0.1, -0.05) is 49.7 Å². The number of carbonyl (C=O) groups excluding carboxylic acids is 4. The van der Waals surface area contributed by atoms with E-state index in [-0.39, 0.29) is 43.7 Å². The number of ether oxygens (including phenoxy) is 3. The third-order valence-corrected chi connectivity index (χ3v) is 8.65. The van der Waals surface area contributed by atoms with E-state index in [1.165, 1.54) is 0 Å². The average molecular weight is 652 g/mol. The predicted molar refractivity (Wildman–Crippen MR) is 177 cm³/mol. The minimum absolute atomic E-state index is 0.0705. The zero-order chi connectivity index (χ0) is 34.0. The molecule has 12 heteroatoms. The molecule has 0 aromatic heterocycles. The van der Waals surface area contributed by atoms with Crippen molar-refractivity contribution in [1.29, 1.82) is 0 Å². The molecule has 3 amide bonds. The lowest BCUT2D eigenvalue weighted by Gasteiger charge is -2.27. The molecule has 2 heterocycles. The first kappa shape index (κ1) is 36.0. The number of morpholine rings is 1. The second kappa shape index (κ2) is 16.8. The molecule has 2 aromatic rings. The van der Waals surface area contributed by atoms with E-state index in [1.807, 2.05) is 41.3 Å². The lowest BCUT2D eigenvalue weighted by molar-refractivity contribution is -0.134. The molecule has 2 saturated heterocycles. The van der Waals surface area contributed by atoms with Crippen LogP contribution in [-0.4, -0.2) is 98.7 Å². The maximum Gasteiger partial charge on any atom is 0.243 e. The summed E-state index contributed by atoms with van der Waals surface area (Å²) in [7, 11) is 1.56. The molecular weight excluding hydrogens is 602 g/mol. The number of hydrogen-bond donors (Lipinski definition) is 4. The molecule has 12 nitrogen and oxygen atoms in total. The van der Waals surface area contributed by atoms with Crippen molar-refractivity contribution in [3.8, 4) is 5.75 Å². The number of methoxy groups -OCH3 is 1. The maximum atomic E-state index is 13.9. The Morgan fingerprint density at radius 1 is 0.915 bits per heavy atom. The standard InChI is InChI=1S/C35H49N5O7/c1-5-6-28(36)26-11-7-24(8-12-26)19-29(32(42)35(3)22-47-35)38-34(44)30(20-25-9-13-27(45-4)14-10-25)39-33(43)23(2)37-31(41)21-40-15-17-46-18-16-40/h7-14,23,28-30H,5-6,15-22,36H2,1-4H3,(H,37,41)(H,38,44)(H,39,43). The summed E-state index contributed by atoms with van der Waals surface area (Å²) in [6.07, 6.45) is 2.22. The third kappa shape index (κ3) is 10.6. The number of amides is 3. The van der Waals surface area contributed by atoms with Crippen LogP contribution in [0.25, 0.3) is 0 Å². The number of hydrogen-bond acceptors (Lipinski definition) is 9. The van der Waals surface area contributed by atoms with Gasteiger partial charge in [0.15, 0.2) is 5.78 Å². The van der Waals surface area contributed by atoms with Crippen LogP contribution in [0.5, 0.6) is 5.75 Å². The van der Waals surface area contributed by atoms with Gasteiger partial charge in [0.25, 0.3) is 0 Å². The molecule has 5 N–H and O–H groups in total. The molecular formula is C35H49N5O7. The van der Waals surface area contributed by atoms with E-state index in [4.69, 9.17) is 19.9 Å². The van der Waals surface area contributed by atoms with Crippen LogP contribution < -0.4 is 26.4 Å². The highest BCUT2D eigenvalue weighted by Gasteiger charge is 2.50. The Labute approximate surface area is 277 Å². The monoisotopic (exact) mass is 651 g/mol. The molecule has 0 aliphatic carbocycles. The molecule has 256 valence electrons. The van der Waals surface area contributed by atoms with Gasteiger partial charge in [0.1, 0.15) is 23.4 Å². The van der Waals surface area contributed by atoms with Gasteiger partial charge in [-0.15, -0.1) is 0 Å². The number of benzene rings is 2. The van der Waals surface area contributed by atoms with E-state index in [0.29, 0.717) is 32.1 Å². The van der Waals surface area contributed by atoms with E-state index in [2.05, 4.69) is 22.9 Å². The van der Waals surface area contributed by atoms with Crippen molar-refractivity contribution in [2.45, 2.75) is 76.2 Å². The van der Waals surface area contributed by atoms with Crippen molar-refractivity contribution >= 4 is 23.5 Å². The van der Waals surface area contributed by atoms with Crippen LogP contribution in [0, 0.1) is 0 Å². The van der Waals surface area contributed by atoms with Crippen LogP contribution in [0.1, 0.15) is 56.3 Å². The molecule has 5 unspecified atom stereocenters. The average Bonchev–Trinajstić information content (AvgIpc) is 3.82. The molecule has 2 aromatic carbocycles. The highest BCUT2D eigenvalue weighted by molar-refractivity contribution is 5.98. The van der Waals surface area contributed by atoms with Gasteiger partial charge >= 0.3 is 0 Å². The Balaban J connectivity index is 1.48. The lowest BCUT2D eigenvalue weighted by Crippen LogP contribution is -2.57. The van der Waals surface area contributed by atoms with Crippen molar-refractivity contribution in [2.75, 3.05) is 46.6 Å². The van der Waals surface area contributed by atoms with Gasteiger partial charge in [0, 0.05) is 25.6 Å². The van der Waals surface area contributed by atoms with E-state index < -0.39 is 35.5 Å². The van der Waals surface area contributed by atoms with E-state index in [0.717, 1.165) is 29.5 Å². The van der Waals surface area contributed by atoms with Crippen molar-refractivity contribution in [1.82, 2.24) is 20.9 Å². The molecule has 2 aliphatic heterocycles. The number of rotatable bonds is 17. The highest BCUT2D eigenvalue weighted by Crippen LogP contribution is 2.29. The smallest absolute Gasteiger partial charge is 0.243 e. The van der Waals surface area contributed by atoms with Crippen LogP contribution in [0.2, 0.25) is 0 Å². The second-order valence-electron chi connectivity index (χ2n) is 12.6. The summed E-state index contributed by atoms with van der Waals surface area (Å²) in [4.78, 5) is 55.4. The zero-order valence-corrected chi connectivity index (χ0v) is 27.9. The summed E-state index contributed by atoms with van der Waals surface area (Å²) in [5, 5.41) is 8.45. The summed E-state index contributed by atoms with van der Waals surface area (Å²) in [6, 6.07) is 12.0. The van der Waals surface area contributed by atoms with Gasteiger partial charge in [-0.2, -0.15) is 0 Å². The fourth-order valence-electron chi connectivity index (χ4n) is 5.53. The summed E-state index contributed by atoms with van der Waals surface area (Å²) in [5.74, 6) is -0.925. The number of nitrogens with one attached hydrogen (secondary N) is 3. The van der Waals surface area contributed by atoms with Gasteiger partial charge in [-0.3, -0.25) is 24.1 Å². The van der Waals surface area contributed by atoms with E-state index in [1.54, 1.807) is 33.1 Å². The Hall–Kier alpha value is -3.84. The Morgan fingerprint density at radius 2 is 1.49 bits per heavy atom. The van der Waals surface area contributed by atoms with Gasteiger partial charge < -0.3 is 35.9 Å². The second-order valence-corrected chi connectivity index (χ2v) is 12.6. The number of Topliss-reactive ketones (excluding diaryl/α,β-unsaturated/α-hetero) is 1. The first-order valence-electron chi connectivity index (χ1n) is 16.4. The third-order valence-electron chi connectivity index (χ3n) is 8.65. The Bertz CT molecular complexity index is 1360. The minimum Gasteiger partial charge on any atom is -0.497 e. The van der Waals surface area contributed by atoms with Gasteiger partial charge in [-0.25, -0.2) is 0 Å². The number of nitrogens with zero attached hydrogens (tertiary/aromatic N) is 1. The predicted octanol–water partition coefficient (Wildman–Crippen LogP) is 1.44. The van der Waals surface area contributed by atoms with Gasteiger partial charge in [-0.05, 0) is 55.5 Å². The van der Waals surface area contributed by atoms with Crippen molar-refractivity contribution in [3.05, 3.63) is 65.2 Å². The summed E-state index contributed by atoms with van der Waals surface area (Å²) >= 11 is 0. The molecule has 2 aliphatic rings. The molecule has 0 spiro atoms. The SMILES string of the molecule is CCCC(N)c1ccc(CC(NC(=O)C(Cc2ccc(OC)cc2)NC(=O)C(C)NC(=O)CN2CCOCC2)C(=O)C2(C)CO2)cc1. The van der Waals surface area contributed by atoms with Crippen LogP contribution in [0.3, 0.4) is 0 Å². The first-order chi connectivity index (χ1) is 22.5. The molecule has 47 heavy (non-hydrogen) atoms. The van der Waals surface area contributed by atoms with Gasteiger partial charge in [0.2, 0.25) is 17.7 Å². The fourth-order valence-corrected chi connectivity index (χ4v) is 5.53. The summed E-state index contributed by atoms with van der Waals surface area (Å²) in [5.41, 5.74) is 7.94. The number of carbonyl (C=O) groups is 4. The van der Waals surface area contributed by atoms with Crippen molar-refractivity contribution in [3.63, 3.8) is 0 Å². The maximum absolute atomic E-state index is 13.9. The molecule has 4 rings (SSSR count). The number of nitrogens with two attached hydrogens (primary N) is 1. The topological polar surface area (TPSA) is 165 Å². The normalized spacial score (nSPS) is 20.3. The highest BCUT2D eigenvalue weighted by atomic mass is 16.6. The first-order valence-corrected chi connectivity index (χ1v) is 16.4. The van der Waals surface area contributed by atoms with Gasteiger partial charge in [0.05, 0.1) is 39.5 Å². The number of ketones is 1. The van der Waals surface area contributed by atoms with Crippen LogP contribution >= 0.6 is 0 Å². The van der Waals surface area contributed by atoms with Crippen molar-refractivity contribution in [2.24, 2.45) is 5.73 Å². The molecule has 0 saturated carbocycles. The number of epoxide rings is 1. The molecule has 5 atom stereocenters. The summed E-state index contributed by atoms with van der Waals surface area (Å²) < 4.78 is 16.0. The molecule has 2 fully saturated rings. The summed E-state index contributed by atoms with van der Waals surface area (Å²) in [6.45, 7) is 8.17.